The van der Waals surface area contributed by atoms with Gasteiger partial charge in [-0.3, -0.25) is 9.59 Å². The van der Waals surface area contributed by atoms with E-state index in [1.807, 2.05) is 12.1 Å². The molecule has 1 aromatic heterocycles. The number of hydrogen-bond acceptors (Lipinski definition) is 5. The van der Waals surface area contributed by atoms with Gasteiger partial charge in [0.05, 0.1) is 11.6 Å². The first kappa shape index (κ1) is 21.2. The number of amides is 1. The van der Waals surface area contributed by atoms with Gasteiger partial charge in [-0.25, -0.2) is 9.07 Å². The van der Waals surface area contributed by atoms with Gasteiger partial charge in [-0.15, -0.1) is 0 Å². The van der Waals surface area contributed by atoms with Gasteiger partial charge in [-0.1, -0.05) is 12.1 Å². The third kappa shape index (κ3) is 4.23. The van der Waals surface area contributed by atoms with Gasteiger partial charge in [-0.2, -0.15) is 10.4 Å². The van der Waals surface area contributed by atoms with Gasteiger partial charge in [0.1, 0.15) is 11.5 Å². The molecule has 1 aliphatic heterocycles. The van der Waals surface area contributed by atoms with Crippen molar-refractivity contribution in [3.05, 3.63) is 87.6 Å². The molecule has 1 aliphatic rings. The van der Waals surface area contributed by atoms with Gasteiger partial charge in [0, 0.05) is 43.6 Å². The van der Waals surface area contributed by atoms with E-state index >= 15 is 0 Å². The summed E-state index contributed by atoms with van der Waals surface area (Å²) in [5.74, 6) is -0.945. The zero-order chi connectivity index (χ0) is 22.7. The molecule has 1 fully saturated rings. The van der Waals surface area contributed by atoms with Crippen LogP contribution in [0.3, 0.4) is 0 Å². The number of nitriles is 1. The van der Waals surface area contributed by atoms with Crippen LogP contribution >= 0.6 is 0 Å². The SMILES string of the molecule is Cc1cc(=O)c(C(=O)N2CCCN(c3ccc(C#N)cc3)CC2)nn1-c1ccccc1F. The summed E-state index contributed by atoms with van der Waals surface area (Å²) in [7, 11) is 0. The molecule has 8 heteroatoms. The minimum Gasteiger partial charge on any atom is -0.370 e. The Morgan fingerprint density at radius 3 is 2.53 bits per heavy atom. The zero-order valence-corrected chi connectivity index (χ0v) is 17.7. The maximum Gasteiger partial charge on any atom is 0.278 e. The number of aromatic nitrogens is 2. The number of benzene rings is 2. The number of carbonyl (C=O) groups excluding carboxylic acids is 1. The van der Waals surface area contributed by atoms with Gasteiger partial charge in [0.2, 0.25) is 5.43 Å². The highest BCUT2D eigenvalue weighted by Crippen LogP contribution is 2.18. The van der Waals surface area contributed by atoms with E-state index in [0.717, 1.165) is 18.7 Å². The second-order valence-corrected chi connectivity index (χ2v) is 7.65. The van der Waals surface area contributed by atoms with Crippen LogP contribution in [0.15, 0.2) is 59.4 Å². The monoisotopic (exact) mass is 431 g/mol. The molecule has 3 aromatic rings. The highest BCUT2D eigenvalue weighted by Gasteiger charge is 2.25. The molecular formula is C24H22FN5O2. The minimum atomic E-state index is -0.488. The lowest BCUT2D eigenvalue weighted by Gasteiger charge is -2.23. The molecule has 1 amide bonds. The van der Waals surface area contributed by atoms with E-state index in [0.29, 0.717) is 30.9 Å². The molecule has 0 N–H and O–H groups in total. The van der Waals surface area contributed by atoms with E-state index in [1.54, 1.807) is 42.2 Å². The standard InChI is InChI=1S/C24H22FN5O2/c1-17-15-22(31)23(27-30(17)21-6-3-2-5-20(21)25)24(32)29-12-4-11-28(13-14-29)19-9-7-18(16-26)8-10-19/h2-3,5-10,15H,4,11-14H2,1H3. The summed E-state index contributed by atoms with van der Waals surface area (Å²) in [5.41, 5.74) is 1.51. The maximum atomic E-state index is 14.3. The number of rotatable bonds is 3. The first-order valence-electron chi connectivity index (χ1n) is 10.4. The van der Waals surface area contributed by atoms with E-state index in [9.17, 15) is 14.0 Å². The predicted molar refractivity (Wildman–Crippen MR) is 118 cm³/mol. The van der Waals surface area contributed by atoms with Crippen molar-refractivity contribution in [1.29, 1.82) is 5.26 Å². The topological polar surface area (TPSA) is 82.2 Å². The molecule has 1 saturated heterocycles. The third-order valence-electron chi connectivity index (χ3n) is 5.54. The van der Waals surface area contributed by atoms with Gasteiger partial charge in [-0.05, 0) is 49.7 Å². The quantitative estimate of drug-likeness (QED) is 0.637. The number of hydrogen-bond donors (Lipinski definition) is 0. The highest BCUT2D eigenvalue weighted by molar-refractivity contribution is 5.92. The number of nitrogens with zero attached hydrogens (tertiary/aromatic N) is 5. The van der Waals surface area contributed by atoms with Crippen molar-refractivity contribution >= 4 is 11.6 Å². The number of anilines is 1. The number of carbonyl (C=O) groups is 1. The fourth-order valence-electron chi connectivity index (χ4n) is 3.84. The Balaban J connectivity index is 1.57. The van der Waals surface area contributed by atoms with Gasteiger partial charge in [0.15, 0.2) is 5.69 Å². The second kappa shape index (κ2) is 9.02. The Kier molecular flexibility index (Phi) is 5.99. The molecule has 4 rings (SSSR count). The molecule has 0 atom stereocenters. The third-order valence-corrected chi connectivity index (χ3v) is 5.54. The molecular weight excluding hydrogens is 409 g/mol. The molecule has 0 radical (unpaired) electrons. The smallest absolute Gasteiger partial charge is 0.278 e. The summed E-state index contributed by atoms with van der Waals surface area (Å²) in [5, 5.41) is 13.2. The van der Waals surface area contributed by atoms with Crippen LogP contribution in [-0.4, -0.2) is 46.8 Å². The van der Waals surface area contributed by atoms with E-state index in [1.165, 1.54) is 16.8 Å². The summed E-state index contributed by atoms with van der Waals surface area (Å²) in [6.07, 6.45) is 0.721. The Morgan fingerprint density at radius 1 is 1.06 bits per heavy atom. The predicted octanol–water partition coefficient (Wildman–Crippen LogP) is 2.90. The van der Waals surface area contributed by atoms with Crippen molar-refractivity contribution in [3.63, 3.8) is 0 Å². The second-order valence-electron chi connectivity index (χ2n) is 7.65. The molecule has 0 aliphatic carbocycles. The summed E-state index contributed by atoms with van der Waals surface area (Å²) in [6, 6.07) is 16.8. The van der Waals surface area contributed by atoms with Crippen LogP contribution in [0.1, 0.15) is 28.2 Å². The summed E-state index contributed by atoms with van der Waals surface area (Å²) >= 11 is 0. The molecule has 2 aromatic carbocycles. The lowest BCUT2D eigenvalue weighted by molar-refractivity contribution is 0.0757. The van der Waals surface area contributed by atoms with Crippen LogP contribution in [0, 0.1) is 24.1 Å². The number of halogens is 1. The first-order chi connectivity index (χ1) is 15.5. The minimum absolute atomic E-state index is 0.182. The maximum absolute atomic E-state index is 14.3. The Labute approximate surface area is 184 Å². The molecule has 32 heavy (non-hydrogen) atoms. The van der Waals surface area contributed by atoms with E-state index < -0.39 is 17.2 Å². The zero-order valence-electron chi connectivity index (χ0n) is 17.7. The lowest BCUT2D eigenvalue weighted by Crippen LogP contribution is -2.39. The van der Waals surface area contributed by atoms with E-state index in [4.69, 9.17) is 5.26 Å². The van der Waals surface area contributed by atoms with Crippen molar-refractivity contribution in [2.45, 2.75) is 13.3 Å². The van der Waals surface area contributed by atoms with Crippen molar-refractivity contribution < 1.29 is 9.18 Å². The Bertz CT molecular complexity index is 1250. The van der Waals surface area contributed by atoms with Crippen LogP contribution in [0.25, 0.3) is 5.69 Å². The van der Waals surface area contributed by atoms with Gasteiger partial charge >= 0.3 is 0 Å². The van der Waals surface area contributed by atoms with Gasteiger partial charge < -0.3 is 9.80 Å². The van der Waals surface area contributed by atoms with Crippen LogP contribution in [0.4, 0.5) is 10.1 Å². The van der Waals surface area contributed by atoms with Crippen LogP contribution in [0.5, 0.6) is 0 Å². The number of aryl methyl sites for hydroxylation is 1. The largest absolute Gasteiger partial charge is 0.370 e. The van der Waals surface area contributed by atoms with E-state index in [-0.39, 0.29) is 11.4 Å². The van der Waals surface area contributed by atoms with Crippen molar-refractivity contribution in [1.82, 2.24) is 14.7 Å². The average molecular weight is 431 g/mol. The van der Waals surface area contributed by atoms with Gasteiger partial charge in [0.25, 0.3) is 5.91 Å². The van der Waals surface area contributed by atoms with Crippen LogP contribution in [0.2, 0.25) is 0 Å². The molecule has 7 nitrogen and oxygen atoms in total. The van der Waals surface area contributed by atoms with Crippen molar-refractivity contribution in [2.24, 2.45) is 0 Å². The van der Waals surface area contributed by atoms with Crippen LogP contribution < -0.4 is 10.3 Å². The fourth-order valence-corrected chi connectivity index (χ4v) is 3.84. The van der Waals surface area contributed by atoms with Crippen LogP contribution in [-0.2, 0) is 0 Å². The first-order valence-corrected chi connectivity index (χ1v) is 10.4. The molecule has 0 saturated carbocycles. The van der Waals surface area contributed by atoms with Crippen molar-refractivity contribution in [2.75, 3.05) is 31.1 Å². The lowest BCUT2D eigenvalue weighted by atomic mass is 10.2. The summed E-state index contributed by atoms with van der Waals surface area (Å²) in [4.78, 5) is 29.5. The normalized spacial score (nSPS) is 14.0. The summed E-state index contributed by atoms with van der Waals surface area (Å²) in [6.45, 7) is 3.89. The van der Waals surface area contributed by atoms with Crippen molar-refractivity contribution in [3.8, 4) is 11.8 Å². The summed E-state index contributed by atoms with van der Waals surface area (Å²) < 4.78 is 15.6. The average Bonchev–Trinajstić information content (AvgIpc) is 3.06. The molecule has 0 spiro atoms. The Morgan fingerprint density at radius 2 is 1.81 bits per heavy atom. The Hall–Kier alpha value is -3.99. The fraction of sp³-hybridized carbons (Fsp3) is 0.250. The molecule has 162 valence electrons. The number of para-hydroxylation sites is 1. The van der Waals surface area contributed by atoms with E-state index in [2.05, 4.69) is 16.1 Å². The molecule has 2 heterocycles. The highest BCUT2D eigenvalue weighted by atomic mass is 19.1. The molecule has 0 unspecified atom stereocenters. The molecule has 0 bridgehead atoms.